The first kappa shape index (κ1) is 25.0. The van der Waals surface area contributed by atoms with Crippen molar-refractivity contribution in [3.8, 4) is 0 Å². The van der Waals surface area contributed by atoms with E-state index in [0.717, 1.165) is 73.5 Å². The van der Waals surface area contributed by atoms with Gasteiger partial charge >= 0.3 is 5.97 Å². The average molecular weight is 543 g/mol. The van der Waals surface area contributed by atoms with Crippen LogP contribution in [0.5, 0.6) is 0 Å². The van der Waals surface area contributed by atoms with Crippen LogP contribution in [0.3, 0.4) is 0 Å². The third-order valence-corrected chi connectivity index (χ3v) is 6.60. The lowest BCUT2D eigenvalue weighted by Gasteiger charge is -2.36. The van der Waals surface area contributed by atoms with Gasteiger partial charge in [-0.15, -0.1) is 0 Å². The van der Waals surface area contributed by atoms with Crippen molar-refractivity contribution in [1.82, 2.24) is 19.3 Å². The van der Waals surface area contributed by atoms with Crippen LogP contribution in [0.25, 0.3) is 5.65 Å². The molecule has 4 rings (SSSR count). The largest absolute Gasteiger partial charge is 0.469 e. The van der Waals surface area contributed by atoms with E-state index in [0.29, 0.717) is 18.7 Å². The molecule has 0 saturated carbocycles. The van der Waals surface area contributed by atoms with Gasteiger partial charge in [-0.1, -0.05) is 12.8 Å². The van der Waals surface area contributed by atoms with Gasteiger partial charge in [0, 0.05) is 69.0 Å². The number of nitrogens with zero attached hydrogens (tertiary/aromatic N) is 5. The Labute approximate surface area is 213 Å². The predicted octanol–water partition coefficient (Wildman–Crippen LogP) is 4.40. The summed E-state index contributed by atoms with van der Waals surface area (Å²) in [5, 5.41) is 3.35. The molecular weight excluding hydrogens is 512 g/mol. The Hall–Kier alpha value is -3.14. The molecule has 1 aliphatic heterocycles. The lowest BCUT2D eigenvalue weighted by atomic mass is 10.1. The highest BCUT2D eigenvalue weighted by atomic mass is 79.9. The lowest BCUT2D eigenvalue weighted by molar-refractivity contribution is -0.140. The minimum absolute atomic E-state index is 0.165. The number of aromatic nitrogens is 3. The van der Waals surface area contributed by atoms with Crippen LogP contribution in [0.2, 0.25) is 0 Å². The molecule has 3 heterocycles. The number of imidazole rings is 1. The number of benzene rings is 1. The second kappa shape index (κ2) is 12.0. The molecule has 0 bridgehead atoms. The number of fused-ring (bicyclic) bond motifs is 1. The van der Waals surface area contributed by atoms with Gasteiger partial charge < -0.3 is 24.3 Å². The molecule has 9 nitrogen and oxygen atoms in total. The second-order valence-corrected chi connectivity index (χ2v) is 9.41. The summed E-state index contributed by atoms with van der Waals surface area (Å²) < 4.78 is 7.29. The van der Waals surface area contributed by atoms with Gasteiger partial charge in [0.2, 0.25) is 5.91 Å². The summed E-state index contributed by atoms with van der Waals surface area (Å²) in [4.78, 5) is 36.8. The summed E-state index contributed by atoms with van der Waals surface area (Å²) in [5.41, 5.74) is 2.84. The van der Waals surface area contributed by atoms with Crippen molar-refractivity contribution in [2.75, 3.05) is 43.5 Å². The Bertz CT molecular complexity index is 1140. The molecule has 0 spiro atoms. The molecule has 10 heteroatoms. The monoisotopic (exact) mass is 542 g/mol. The molecule has 1 amide bonds. The molecule has 1 saturated heterocycles. The van der Waals surface area contributed by atoms with E-state index in [1.165, 1.54) is 7.11 Å². The van der Waals surface area contributed by atoms with E-state index in [-0.39, 0.29) is 11.9 Å². The Morgan fingerprint density at radius 1 is 1.03 bits per heavy atom. The van der Waals surface area contributed by atoms with Crippen LogP contribution in [0.4, 0.5) is 17.2 Å². The summed E-state index contributed by atoms with van der Waals surface area (Å²) in [6.07, 6.45) is 10.1. The number of halogens is 1. The molecule has 0 aliphatic carbocycles. The van der Waals surface area contributed by atoms with Crippen LogP contribution in [0.1, 0.15) is 38.5 Å². The number of piperazine rings is 1. The summed E-state index contributed by atoms with van der Waals surface area (Å²) in [6.45, 7) is 3.11. The number of nitrogens with one attached hydrogen (secondary N) is 1. The maximum Gasteiger partial charge on any atom is 0.305 e. The van der Waals surface area contributed by atoms with Gasteiger partial charge in [0.1, 0.15) is 4.60 Å². The van der Waals surface area contributed by atoms with E-state index in [1.807, 2.05) is 33.8 Å². The maximum atomic E-state index is 12.6. The zero-order chi connectivity index (χ0) is 24.6. The first-order valence-corrected chi connectivity index (χ1v) is 12.8. The van der Waals surface area contributed by atoms with Crippen LogP contribution in [0, 0.1) is 0 Å². The maximum absolute atomic E-state index is 12.6. The van der Waals surface area contributed by atoms with Gasteiger partial charge in [-0.05, 0) is 53.0 Å². The van der Waals surface area contributed by atoms with Crippen LogP contribution in [-0.2, 0) is 14.3 Å². The molecule has 0 atom stereocenters. The average Bonchev–Trinajstić information content (AvgIpc) is 3.35. The predicted molar refractivity (Wildman–Crippen MR) is 139 cm³/mol. The highest BCUT2D eigenvalue weighted by molar-refractivity contribution is 9.10. The van der Waals surface area contributed by atoms with Crippen LogP contribution in [-0.4, -0.2) is 64.4 Å². The highest BCUT2D eigenvalue weighted by Crippen LogP contribution is 2.24. The number of hydrogen-bond donors (Lipinski definition) is 1. The minimum atomic E-state index is -0.165. The van der Waals surface area contributed by atoms with E-state index < -0.39 is 0 Å². The quantitative estimate of drug-likeness (QED) is 0.300. The fourth-order valence-electron chi connectivity index (χ4n) is 4.25. The fraction of sp³-hybridized carbons (Fsp3) is 0.440. The molecule has 35 heavy (non-hydrogen) atoms. The first-order chi connectivity index (χ1) is 17.0. The highest BCUT2D eigenvalue weighted by Gasteiger charge is 2.21. The van der Waals surface area contributed by atoms with Crippen LogP contribution >= 0.6 is 15.9 Å². The number of rotatable bonds is 10. The van der Waals surface area contributed by atoms with Crippen LogP contribution in [0.15, 0.2) is 47.5 Å². The second-order valence-electron chi connectivity index (χ2n) is 8.60. The van der Waals surface area contributed by atoms with Gasteiger partial charge in [-0.2, -0.15) is 0 Å². The number of carbonyl (C=O) groups excluding carboxylic acids is 2. The van der Waals surface area contributed by atoms with Gasteiger partial charge in [-0.3, -0.25) is 9.59 Å². The normalized spacial score (nSPS) is 13.8. The fourth-order valence-corrected chi connectivity index (χ4v) is 4.65. The van der Waals surface area contributed by atoms with E-state index in [4.69, 9.17) is 0 Å². The number of carbonyl (C=O) groups is 2. The van der Waals surface area contributed by atoms with Crippen molar-refractivity contribution in [2.45, 2.75) is 38.5 Å². The number of hydrogen-bond acceptors (Lipinski definition) is 7. The van der Waals surface area contributed by atoms with E-state index in [9.17, 15) is 9.59 Å². The number of anilines is 3. The third kappa shape index (κ3) is 6.72. The van der Waals surface area contributed by atoms with Crippen molar-refractivity contribution < 1.29 is 14.3 Å². The van der Waals surface area contributed by atoms with E-state index in [1.54, 1.807) is 6.20 Å². The summed E-state index contributed by atoms with van der Waals surface area (Å²) in [5.74, 6) is 0.749. The molecule has 1 N–H and O–H groups in total. The Kier molecular flexibility index (Phi) is 8.57. The number of unbranched alkanes of at least 4 members (excludes halogenated alkanes) is 3. The van der Waals surface area contributed by atoms with Crippen molar-refractivity contribution in [3.05, 3.63) is 47.5 Å². The molecule has 1 aromatic carbocycles. The summed E-state index contributed by atoms with van der Waals surface area (Å²) in [7, 11) is 1.41. The minimum Gasteiger partial charge on any atom is -0.469 e. The molecule has 1 aliphatic rings. The lowest BCUT2D eigenvalue weighted by Crippen LogP contribution is -2.48. The number of ether oxygens (including phenoxy) is 1. The van der Waals surface area contributed by atoms with Crippen molar-refractivity contribution in [3.63, 3.8) is 0 Å². The van der Waals surface area contributed by atoms with Crippen LogP contribution < -0.4 is 10.2 Å². The molecule has 3 aromatic rings. The Morgan fingerprint density at radius 2 is 1.74 bits per heavy atom. The molecule has 1 fully saturated rings. The standard InChI is InChI=1S/C25H31BrN6O3/c1-35-23(34)7-5-3-2-4-6-22(33)31-16-14-30(15-17-31)20-10-8-19(9-11-20)28-24-25-27-12-13-32(25)18-21(26)29-24/h8-13,18H,2-7,14-17H2,1H3,(H,28,29). The first-order valence-electron chi connectivity index (χ1n) is 12.0. The third-order valence-electron chi connectivity index (χ3n) is 6.22. The number of esters is 1. The smallest absolute Gasteiger partial charge is 0.305 e. The summed E-state index contributed by atoms with van der Waals surface area (Å²) in [6, 6.07) is 8.26. The van der Waals surface area contributed by atoms with Gasteiger partial charge in [0.15, 0.2) is 11.5 Å². The number of amides is 1. The SMILES string of the molecule is COC(=O)CCCCCCC(=O)N1CCN(c2ccc(Nc3nc(Br)cn4ccnc34)cc2)CC1. The number of methoxy groups -OCH3 is 1. The molecule has 0 radical (unpaired) electrons. The zero-order valence-corrected chi connectivity index (χ0v) is 21.5. The molecule has 2 aromatic heterocycles. The van der Waals surface area contributed by atoms with E-state index in [2.05, 4.69) is 53.0 Å². The van der Waals surface area contributed by atoms with Crippen molar-refractivity contribution in [1.29, 1.82) is 0 Å². The van der Waals surface area contributed by atoms with Gasteiger partial charge in [0.25, 0.3) is 0 Å². The van der Waals surface area contributed by atoms with E-state index >= 15 is 0 Å². The van der Waals surface area contributed by atoms with Gasteiger partial charge in [-0.25, -0.2) is 9.97 Å². The Morgan fingerprint density at radius 3 is 2.46 bits per heavy atom. The zero-order valence-electron chi connectivity index (χ0n) is 20.0. The molecule has 186 valence electrons. The Balaban J connectivity index is 1.21. The van der Waals surface area contributed by atoms with Crippen molar-refractivity contribution >= 4 is 50.6 Å². The molecular formula is C25H31BrN6O3. The summed E-state index contributed by atoms with van der Waals surface area (Å²) >= 11 is 3.44. The van der Waals surface area contributed by atoms with Gasteiger partial charge in [0.05, 0.1) is 7.11 Å². The molecule has 0 unspecified atom stereocenters. The topological polar surface area (TPSA) is 92.1 Å². The van der Waals surface area contributed by atoms with Crippen molar-refractivity contribution in [2.24, 2.45) is 0 Å².